The monoisotopic (exact) mass is 248 g/mol. The predicted octanol–water partition coefficient (Wildman–Crippen LogP) is 1.89. The average Bonchev–Trinajstić information content (AvgIpc) is 2.70. The summed E-state index contributed by atoms with van der Waals surface area (Å²) < 4.78 is 4.99. The lowest BCUT2D eigenvalue weighted by Gasteiger charge is -2.07. The molecule has 0 spiro atoms. The molecular formula is C12H12N2O4. The Bertz CT molecular complexity index is 618. The number of rotatable bonds is 3. The van der Waals surface area contributed by atoms with Crippen LogP contribution in [0.1, 0.15) is 36.1 Å². The Hall–Kier alpha value is -2.37. The molecule has 1 heterocycles. The minimum Gasteiger partial charge on any atom is -0.478 e. The van der Waals surface area contributed by atoms with Gasteiger partial charge in [-0.1, -0.05) is 0 Å². The molecule has 2 aromatic rings. The van der Waals surface area contributed by atoms with Crippen LogP contribution in [0.3, 0.4) is 0 Å². The molecule has 0 unspecified atom stereocenters. The molecule has 0 bridgehead atoms. The van der Waals surface area contributed by atoms with Crippen LogP contribution in [0.25, 0.3) is 11.0 Å². The first-order valence-electron chi connectivity index (χ1n) is 5.37. The van der Waals surface area contributed by atoms with Gasteiger partial charge in [-0.05, 0) is 25.1 Å². The number of carbonyl (C=O) groups is 2. The van der Waals surface area contributed by atoms with Gasteiger partial charge in [-0.15, -0.1) is 0 Å². The number of H-pyrrole nitrogens is 1. The van der Waals surface area contributed by atoms with E-state index in [1.54, 1.807) is 13.0 Å². The quantitative estimate of drug-likeness (QED) is 0.809. The lowest BCUT2D eigenvalue weighted by molar-refractivity contribution is -0.146. The summed E-state index contributed by atoms with van der Waals surface area (Å²) in [6.07, 6.45) is -0.497. The van der Waals surface area contributed by atoms with Crippen molar-refractivity contribution in [1.82, 2.24) is 9.97 Å². The Labute approximate surface area is 103 Å². The number of nitrogens with one attached hydrogen (secondary N) is 1. The van der Waals surface area contributed by atoms with Gasteiger partial charge in [0.1, 0.15) is 5.82 Å². The van der Waals surface area contributed by atoms with Gasteiger partial charge in [0.25, 0.3) is 0 Å². The smallest absolute Gasteiger partial charge is 0.335 e. The fraction of sp³-hybridized carbons (Fsp3) is 0.250. The summed E-state index contributed by atoms with van der Waals surface area (Å²) in [4.78, 5) is 28.9. The van der Waals surface area contributed by atoms with E-state index in [4.69, 9.17) is 9.84 Å². The van der Waals surface area contributed by atoms with Crippen molar-refractivity contribution >= 4 is 23.0 Å². The highest BCUT2D eigenvalue weighted by Gasteiger charge is 2.14. The number of fused-ring (bicyclic) bond motifs is 1. The van der Waals surface area contributed by atoms with Crippen LogP contribution in [0.5, 0.6) is 0 Å². The van der Waals surface area contributed by atoms with Gasteiger partial charge in [0.05, 0.1) is 16.6 Å². The van der Waals surface area contributed by atoms with Gasteiger partial charge < -0.3 is 14.8 Å². The summed E-state index contributed by atoms with van der Waals surface area (Å²) in [5, 5.41) is 8.88. The molecule has 0 fully saturated rings. The fourth-order valence-corrected chi connectivity index (χ4v) is 1.66. The number of carboxylic acid groups (broad SMARTS) is 1. The number of nitrogens with zero attached hydrogens (tertiary/aromatic N) is 1. The van der Waals surface area contributed by atoms with E-state index in [-0.39, 0.29) is 5.56 Å². The van der Waals surface area contributed by atoms with Crippen LogP contribution < -0.4 is 0 Å². The molecule has 0 radical (unpaired) electrons. The Morgan fingerprint density at radius 3 is 2.78 bits per heavy atom. The summed E-state index contributed by atoms with van der Waals surface area (Å²) in [7, 11) is 0. The zero-order valence-electron chi connectivity index (χ0n) is 9.93. The van der Waals surface area contributed by atoms with Crippen LogP contribution in [0.2, 0.25) is 0 Å². The highest BCUT2D eigenvalue weighted by Crippen LogP contribution is 2.19. The van der Waals surface area contributed by atoms with Crippen molar-refractivity contribution in [3.8, 4) is 0 Å². The Kier molecular flexibility index (Phi) is 3.01. The normalized spacial score (nSPS) is 12.3. The van der Waals surface area contributed by atoms with Crippen molar-refractivity contribution in [3.63, 3.8) is 0 Å². The standard InChI is InChI=1S/C12H12N2O4/c1-6(18-7(2)15)11-13-9-4-3-8(12(16)17)5-10(9)14-11/h3-6H,1-2H3,(H,13,14)(H,16,17)/t6-/m0/s1. The molecule has 0 aliphatic carbocycles. The number of hydrogen-bond acceptors (Lipinski definition) is 4. The molecule has 2 rings (SSSR count). The van der Waals surface area contributed by atoms with Gasteiger partial charge in [-0.2, -0.15) is 0 Å². The third-order valence-corrected chi connectivity index (χ3v) is 2.47. The van der Waals surface area contributed by atoms with E-state index in [0.717, 1.165) is 0 Å². The zero-order valence-corrected chi connectivity index (χ0v) is 9.93. The van der Waals surface area contributed by atoms with E-state index in [2.05, 4.69) is 9.97 Å². The average molecular weight is 248 g/mol. The molecule has 18 heavy (non-hydrogen) atoms. The Morgan fingerprint density at radius 1 is 1.44 bits per heavy atom. The molecule has 0 aliphatic rings. The predicted molar refractivity (Wildman–Crippen MR) is 63.2 cm³/mol. The first kappa shape index (κ1) is 12.1. The second kappa shape index (κ2) is 4.48. The van der Waals surface area contributed by atoms with Crippen LogP contribution in [-0.2, 0) is 9.53 Å². The zero-order chi connectivity index (χ0) is 13.3. The number of carbonyl (C=O) groups excluding carboxylic acids is 1. The molecule has 1 aromatic carbocycles. The van der Waals surface area contributed by atoms with E-state index in [1.165, 1.54) is 19.1 Å². The largest absolute Gasteiger partial charge is 0.478 e. The van der Waals surface area contributed by atoms with Crippen molar-refractivity contribution in [2.45, 2.75) is 20.0 Å². The van der Waals surface area contributed by atoms with Gasteiger partial charge >= 0.3 is 11.9 Å². The summed E-state index contributed by atoms with van der Waals surface area (Å²) in [5.41, 5.74) is 1.41. The molecule has 6 heteroatoms. The molecule has 2 N–H and O–H groups in total. The number of esters is 1. The van der Waals surface area contributed by atoms with Crippen LogP contribution in [0.4, 0.5) is 0 Å². The summed E-state index contributed by atoms with van der Waals surface area (Å²) in [6.45, 7) is 3.01. The van der Waals surface area contributed by atoms with Gasteiger partial charge in [0.15, 0.2) is 6.10 Å². The minimum atomic E-state index is -0.999. The Balaban J connectivity index is 2.38. The number of hydrogen-bond donors (Lipinski definition) is 2. The highest BCUT2D eigenvalue weighted by atomic mass is 16.5. The van der Waals surface area contributed by atoms with E-state index in [0.29, 0.717) is 16.9 Å². The van der Waals surface area contributed by atoms with E-state index in [1.807, 2.05) is 0 Å². The molecule has 1 aromatic heterocycles. The van der Waals surface area contributed by atoms with Crippen LogP contribution in [0.15, 0.2) is 18.2 Å². The molecule has 0 amide bonds. The highest BCUT2D eigenvalue weighted by molar-refractivity contribution is 5.92. The number of ether oxygens (including phenoxy) is 1. The fourth-order valence-electron chi connectivity index (χ4n) is 1.66. The van der Waals surface area contributed by atoms with Gasteiger partial charge in [0, 0.05) is 6.92 Å². The van der Waals surface area contributed by atoms with Crippen LogP contribution in [0, 0.1) is 0 Å². The van der Waals surface area contributed by atoms with Gasteiger partial charge in [0.2, 0.25) is 0 Å². The third kappa shape index (κ3) is 2.32. The second-order valence-electron chi connectivity index (χ2n) is 3.91. The first-order valence-corrected chi connectivity index (χ1v) is 5.37. The second-order valence-corrected chi connectivity index (χ2v) is 3.91. The molecular weight excluding hydrogens is 236 g/mol. The molecule has 6 nitrogen and oxygen atoms in total. The molecule has 0 aliphatic heterocycles. The number of benzene rings is 1. The number of aromatic nitrogens is 2. The van der Waals surface area contributed by atoms with Gasteiger partial charge in [-0.3, -0.25) is 4.79 Å². The SMILES string of the molecule is CC(=O)O[C@@H](C)c1nc2ccc(C(=O)O)cc2[nH]1. The number of imidazole rings is 1. The lowest BCUT2D eigenvalue weighted by atomic mass is 10.2. The maximum absolute atomic E-state index is 10.8. The number of aromatic carboxylic acids is 1. The lowest BCUT2D eigenvalue weighted by Crippen LogP contribution is -2.06. The van der Waals surface area contributed by atoms with Crippen molar-refractivity contribution in [1.29, 1.82) is 0 Å². The van der Waals surface area contributed by atoms with E-state index < -0.39 is 18.0 Å². The van der Waals surface area contributed by atoms with Gasteiger partial charge in [-0.25, -0.2) is 9.78 Å². The van der Waals surface area contributed by atoms with Crippen molar-refractivity contribution < 1.29 is 19.4 Å². The molecule has 94 valence electrons. The summed E-state index contributed by atoms with van der Waals surface area (Å²) >= 11 is 0. The summed E-state index contributed by atoms with van der Waals surface area (Å²) in [5.74, 6) is -0.905. The number of aromatic amines is 1. The van der Waals surface area contributed by atoms with Crippen LogP contribution in [-0.4, -0.2) is 27.0 Å². The van der Waals surface area contributed by atoms with Crippen molar-refractivity contribution in [3.05, 3.63) is 29.6 Å². The summed E-state index contributed by atoms with van der Waals surface area (Å²) in [6, 6.07) is 4.58. The minimum absolute atomic E-state index is 0.179. The maximum Gasteiger partial charge on any atom is 0.335 e. The first-order chi connectivity index (χ1) is 8.47. The third-order valence-electron chi connectivity index (χ3n) is 2.47. The van der Waals surface area contributed by atoms with E-state index >= 15 is 0 Å². The van der Waals surface area contributed by atoms with Crippen LogP contribution >= 0.6 is 0 Å². The topological polar surface area (TPSA) is 92.3 Å². The Morgan fingerprint density at radius 2 is 2.17 bits per heavy atom. The number of carboxylic acids is 1. The van der Waals surface area contributed by atoms with Crippen molar-refractivity contribution in [2.75, 3.05) is 0 Å². The molecule has 1 atom stereocenters. The molecule has 0 saturated heterocycles. The molecule has 0 saturated carbocycles. The van der Waals surface area contributed by atoms with E-state index in [9.17, 15) is 9.59 Å². The van der Waals surface area contributed by atoms with Crippen molar-refractivity contribution in [2.24, 2.45) is 0 Å². The maximum atomic E-state index is 10.8.